The summed E-state index contributed by atoms with van der Waals surface area (Å²) in [5.74, 6) is -2.62. The van der Waals surface area contributed by atoms with E-state index < -0.39 is 25.8 Å². The lowest BCUT2D eigenvalue weighted by molar-refractivity contribution is 0.0989. The Labute approximate surface area is 140 Å². The summed E-state index contributed by atoms with van der Waals surface area (Å²) in [6.45, 7) is 6.61. The van der Waals surface area contributed by atoms with E-state index in [1.807, 2.05) is 0 Å². The Morgan fingerprint density at radius 3 is 2.79 bits per heavy atom. The van der Waals surface area contributed by atoms with Gasteiger partial charge in [-0.1, -0.05) is 19.5 Å². The maximum atomic E-state index is 14.3. The second-order valence-corrected chi connectivity index (χ2v) is 11.8. The van der Waals surface area contributed by atoms with E-state index in [0.29, 0.717) is 6.54 Å². The van der Waals surface area contributed by atoms with Crippen molar-refractivity contribution in [1.29, 1.82) is 0 Å². The van der Waals surface area contributed by atoms with Crippen LogP contribution in [0.3, 0.4) is 0 Å². The highest BCUT2D eigenvalue weighted by Crippen LogP contribution is 2.31. The number of aryl methyl sites for hydroxylation is 1. The smallest absolute Gasteiger partial charge is 0.265 e. The van der Waals surface area contributed by atoms with Crippen LogP contribution in [0.4, 0.5) is 8.78 Å². The van der Waals surface area contributed by atoms with Gasteiger partial charge < -0.3 is 15.3 Å². The van der Waals surface area contributed by atoms with Crippen molar-refractivity contribution in [2.75, 3.05) is 6.54 Å². The summed E-state index contributed by atoms with van der Waals surface area (Å²) < 4.78 is 29.8. The zero-order valence-corrected chi connectivity index (χ0v) is 15.1. The van der Waals surface area contributed by atoms with Crippen LogP contribution in [0.1, 0.15) is 35.1 Å². The van der Waals surface area contributed by atoms with Crippen LogP contribution in [0.15, 0.2) is 6.07 Å². The van der Waals surface area contributed by atoms with Crippen LogP contribution in [0.2, 0.25) is 19.1 Å². The van der Waals surface area contributed by atoms with Crippen LogP contribution in [0.5, 0.6) is 0 Å². The molecule has 1 aliphatic rings. The number of halogens is 2. The van der Waals surface area contributed by atoms with Crippen LogP contribution in [0.25, 0.3) is 11.0 Å². The zero-order chi connectivity index (χ0) is 17.6. The molecule has 130 valence electrons. The van der Waals surface area contributed by atoms with Gasteiger partial charge in [0.1, 0.15) is 19.6 Å². The molecule has 1 saturated heterocycles. The lowest BCUT2D eigenvalue weighted by Gasteiger charge is -2.23. The highest BCUT2D eigenvalue weighted by atomic mass is 28.3. The molecule has 0 spiro atoms. The quantitative estimate of drug-likeness (QED) is 0.816. The first kappa shape index (κ1) is 17.0. The highest BCUT2D eigenvalue weighted by Gasteiger charge is 2.30. The summed E-state index contributed by atoms with van der Waals surface area (Å²) in [6, 6.07) is 2.39. The van der Waals surface area contributed by atoms with E-state index in [0.717, 1.165) is 18.9 Å². The van der Waals surface area contributed by atoms with Gasteiger partial charge in [0, 0.05) is 12.6 Å². The molecule has 3 rings (SSSR count). The monoisotopic (exact) mass is 352 g/mol. The van der Waals surface area contributed by atoms with Crippen molar-refractivity contribution in [2.45, 2.75) is 44.9 Å². The Kier molecular flexibility index (Phi) is 4.21. The third-order valence-electron chi connectivity index (χ3n) is 4.80. The van der Waals surface area contributed by atoms with Gasteiger partial charge in [-0.05, 0) is 25.5 Å². The van der Waals surface area contributed by atoms with Crippen molar-refractivity contribution in [3.05, 3.63) is 29.1 Å². The molecule has 2 aromatic heterocycles. The van der Waals surface area contributed by atoms with Crippen LogP contribution in [0, 0.1) is 18.6 Å². The standard InChI is InChI=1S/C16H22F2N4OSi/c1-9-13(17)14(18)11-7-12(15(19)23)22(16(11)21-9)10-5-4-6-24(2,3)20-8-10/h7,10,20H,4-6,8H2,1-3H3,(H2,19,23). The number of primary amides is 1. The Bertz CT molecular complexity index is 818. The number of nitrogens with two attached hydrogens (primary N) is 1. The second-order valence-electron chi connectivity index (χ2n) is 7.14. The molecule has 3 N–H and O–H groups in total. The Hall–Kier alpha value is -1.80. The van der Waals surface area contributed by atoms with Gasteiger partial charge in [-0.3, -0.25) is 4.79 Å². The summed E-state index contributed by atoms with van der Waals surface area (Å²) >= 11 is 0. The normalized spacial score (nSPS) is 21.0. The summed E-state index contributed by atoms with van der Waals surface area (Å²) in [5.41, 5.74) is 5.93. The Morgan fingerprint density at radius 2 is 2.12 bits per heavy atom. The maximum Gasteiger partial charge on any atom is 0.265 e. The lowest BCUT2D eigenvalue weighted by atomic mass is 10.1. The third-order valence-corrected chi connectivity index (χ3v) is 7.57. The van der Waals surface area contributed by atoms with Gasteiger partial charge in [-0.25, -0.2) is 13.8 Å². The molecule has 0 aliphatic carbocycles. The Balaban J connectivity index is 2.18. The predicted octanol–water partition coefficient (Wildman–Crippen LogP) is 2.85. The first-order valence-electron chi connectivity index (χ1n) is 8.12. The van der Waals surface area contributed by atoms with E-state index in [4.69, 9.17) is 5.73 Å². The number of amides is 1. The molecular formula is C16H22F2N4OSi. The van der Waals surface area contributed by atoms with Gasteiger partial charge in [-0.2, -0.15) is 0 Å². The van der Waals surface area contributed by atoms with Crippen molar-refractivity contribution in [3.63, 3.8) is 0 Å². The molecule has 0 radical (unpaired) electrons. The summed E-state index contributed by atoms with van der Waals surface area (Å²) in [4.78, 5) is 19.7. The molecule has 1 fully saturated rings. The molecule has 24 heavy (non-hydrogen) atoms. The average molecular weight is 352 g/mol. The number of fused-ring (bicyclic) bond motifs is 1. The fourth-order valence-corrected chi connectivity index (χ4v) is 5.47. The molecular weight excluding hydrogens is 330 g/mol. The minimum atomic E-state index is -1.47. The minimum absolute atomic E-state index is 0.00709. The molecule has 0 saturated carbocycles. The first-order valence-corrected chi connectivity index (χ1v) is 11.3. The van der Waals surface area contributed by atoms with Crippen molar-refractivity contribution in [1.82, 2.24) is 14.5 Å². The number of hydrogen-bond acceptors (Lipinski definition) is 3. The molecule has 0 bridgehead atoms. The van der Waals surface area contributed by atoms with Gasteiger partial charge in [-0.15, -0.1) is 0 Å². The van der Waals surface area contributed by atoms with Crippen molar-refractivity contribution in [2.24, 2.45) is 5.73 Å². The van der Waals surface area contributed by atoms with E-state index in [1.54, 1.807) is 4.57 Å². The van der Waals surface area contributed by atoms with Crippen LogP contribution >= 0.6 is 0 Å². The minimum Gasteiger partial charge on any atom is -0.364 e. The molecule has 3 heterocycles. The van der Waals surface area contributed by atoms with E-state index in [1.165, 1.54) is 13.0 Å². The fourth-order valence-electron chi connectivity index (χ4n) is 3.42. The Morgan fingerprint density at radius 1 is 1.42 bits per heavy atom. The molecule has 0 aromatic carbocycles. The lowest BCUT2D eigenvalue weighted by Crippen LogP contribution is -2.45. The zero-order valence-electron chi connectivity index (χ0n) is 14.1. The predicted molar refractivity (Wildman–Crippen MR) is 91.5 cm³/mol. The largest absolute Gasteiger partial charge is 0.364 e. The molecule has 1 atom stereocenters. The van der Waals surface area contributed by atoms with E-state index >= 15 is 0 Å². The first-order chi connectivity index (χ1) is 11.2. The van der Waals surface area contributed by atoms with E-state index in [2.05, 4.69) is 23.1 Å². The van der Waals surface area contributed by atoms with Gasteiger partial charge in [0.25, 0.3) is 5.91 Å². The van der Waals surface area contributed by atoms with Gasteiger partial charge in [0.15, 0.2) is 11.6 Å². The number of hydrogen-bond donors (Lipinski definition) is 2. The highest BCUT2D eigenvalue weighted by molar-refractivity contribution is 6.75. The summed E-state index contributed by atoms with van der Waals surface area (Å²) in [7, 11) is -1.47. The summed E-state index contributed by atoms with van der Waals surface area (Å²) in [5, 5.41) is 0.00709. The third kappa shape index (κ3) is 2.84. The van der Waals surface area contributed by atoms with Crippen molar-refractivity contribution < 1.29 is 13.6 Å². The summed E-state index contributed by atoms with van der Waals surface area (Å²) in [6.07, 6.45) is 1.85. The number of carbonyl (C=O) groups excluding carboxylic acids is 1. The fraction of sp³-hybridized carbons (Fsp3) is 0.500. The number of nitrogens with one attached hydrogen (secondary N) is 1. The molecule has 2 aromatic rings. The second kappa shape index (κ2) is 5.93. The number of pyridine rings is 1. The SMILES string of the molecule is Cc1nc2c(cc(C(N)=O)n2C2CCC[Si](C)(C)NC2)c(F)c1F. The van der Waals surface area contributed by atoms with Crippen LogP contribution in [-0.2, 0) is 0 Å². The van der Waals surface area contributed by atoms with E-state index in [-0.39, 0.29) is 28.5 Å². The maximum absolute atomic E-state index is 14.3. The molecule has 5 nitrogen and oxygen atoms in total. The number of nitrogens with zero attached hydrogens (tertiary/aromatic N) is 2. The van der Waals surface area contributed by atoms with Crippen LogP contribution < -0.4 is 10.7 Å². The van der Waals surface area contributed by atoms with Crippen LogP contribution in [-0.4, -0.2) is 30.2 Å². The van der Waals surface area contributed by atoms with Crippen molar-refractivity contribution >= 4 is 25.2 Å². The topological polar surface area (TPSA) is 72.9 Å². The van der Waals surface area contributed by atoms with E-state index in [9.17, 15) is 13.6 Å². The van der Waals surface area contributed by atoms with Gasteiger partial charge in [0.2, 0.25) is 0 Å². The van der Waals surface area contributed by atoms with Crippen molar-refractivity contribution in [3.8, 4) is 0 Å². The molecule has 8 heteroatoms. The molecule has 1 unspecified atom stereocenters. The molecule has 1 aliphatic heterocycles. The van der Waals surface area contributed by atoms with Gasteiger partial charge in [0.05, 0.1) is 11.1 Å². The van der Waals surface area contributed by atoms with Gasteiger partial charge >= 0.3 is 0 Å². The number of rotatable bonds is 2. The molecule has 1 amide bonds. The number of carbonyl (C=O) groups is 1. The number of aromatic nitrogens is 2. The average Bonchev–Trinajstić information content (AvgIpc) is 2.78.